The van der Waals surface area contributed by atoms with Crippen LogP contribution in [0.3, 0.4) is 0 Å². The molecule has 2 aliphatic heterocycles. The molecule has 192 valence electrons. The quantitative estimate of drug-likeness (QED) is 0.382. The van der Waals surface area contributed by atoms with E-state index in [9.17, 15) is 8.42 Å². The molecule has 4 heterocycles. The SMILES string of the molecule is CN(C)c1cccc(Oc2nnnn2[C@H]2CO[C@H]3[C@@H]2OC[C@@H]3NS(=O)(=O)c2cccc3cccnc23)c1. The third kappa shape index (κ3) is 4.39. The summed E-state index contributed by atoms with van der Waals surface area (Å²) in [5, 5.41) is 12.7. The number of hydrogen-bond acceptors (Lipinski definition) is 10. The molecule has 0 unspecified atom stereocenters. The van der Waals surface area contributed by atoms with Gasteiger partial charge in [-0.05, 0) is 34.7 Å². The van der Waals surface area contributed by atoms with Gasteiger partial charge in [-0.15, -0.1) is 0 Å². The highest BCUT2D eigenvalue weighted by Gasteiger charge is 2.51. The summed E-state index contributed by atoms with van der Waals surface area (Å²) in [6, 6.07) is 15.4. The lowest BCUT2D eigenvalue weighted by atomic mass is 10.1. The Balaban J connectivity index is 1.20. The monoisotopic (exact) mass is 523 g/mol. The second-order valence-electron chi connectivity index (χ2n) is 9.12. The molecule has 37 heavy (non-hydrogen) atoms. The largest absolute Gasteiger partial charge is 0.423 e. The Labute approximate surface area is 213 Å². The van der Waals surface area contributed by atoms with Crippen molar-refractivity contribution in [3.8, 4) is 11.8 Å². The van der Waals surface area contributed by atoms with Crippen LogP contribution in [0.4, 0.5) is 5.69 Å². The van der Waals surface area contributed by atoms with Crippen molar-refractivity contribution in [2.45, 2.75) is 29.2 Å². The van der Waals surface area contributed by atoms with Gasteiger partial charge in [-0.2, -0.15) is 4.68 Å². The first-order valence-electron chi connectivity index (χ1n) is 11.7. The number of rotatable bonds is 7. The van der Waals surface area contributed by atoms with Crippen molar-refractivity contribution in [1.29, 1.82) is 0 Å². The van der Waals surface area contributed by atoms with E-state index < -0.39 is 28.3 Å². The number of aromatic nitrogens is 5. The summed E-state index contributed by atoms with van der Waals surface area (Å²) in [6.07, 6.45) is 0.595. The van der Waals surface area contributed by atoms with Crippen LogP contribution >= 0.6 is 0 Å². The molecular formula is C24H25N7O5S. The van der Waals surface area contributed by atoms with Crippen LogP contribution in [0.2, 0.25) is 0 Å². The first-order chi connectivity index (χ1) is 17.9. The lowest BCUT2D eigenvalue weighted by molar-refractivity contribution is 0.0615. The van der Waals surface area contributed by atoms with E-state index in [-0.39, 0.29) is 30.2 Å². The molecule has 4 aromatic rings. The molecule has 2 aromatic carbocycles. The van der Waals surface area contributed by atoms with Gasteiger partial charge >= 0.3 is 6.01 Å². The Bertz CT molecular complexity index is 1540. The first-order valence-corrected chi connectivity index (χ1v) is 13.2. The smallest absolute Gasteiger partial charge is 0.341 e. The summed E-state index contributed by atoms with van der Waals surface area (Å²) in [4.78, 5) is 6.35. The fraction of sp³-hybridized carbons (Fsp3) is 0.333. The van der Waals surface area contributed by atoms with Gasteiger partial charge in [0.25, 0.3) is 0 Å². The van der Waals surface area contributed by atoms with Gasteiger partial charge in [-0.1, -0.05) is 29.4 Å². The van der Waals surface area contributed by atoms with Gasteiger partial charge in [-0.25, -0.2) is 13.1 Å². The average Bonchev–Trinajstić information content (AvgIpc) is 3.62. The van der Waals surface area contributed by atoms with Crippen LogP contribution in [0.5, 0.6) is 11.8 Å². The van der Waals surface area contributed by atoms with E-state index in [1.165, 1.54) is 4.68 Å². The van der Waals surface area contributed by atoms with Gasteiger partial charge in [0, 0.05) is 37.4 Å². The lowest BCUT2D eigenvalue weighted by Gasteiger charge is -2.18. The number of pyridine rings is 1. The van der Waals surface area contributed by atoms with Crippen LogP contribution in [0.25, 0.3) is 10.9 Å². The highest BCUT2D eigenvalue weighted by Crippen LogP contribution is 2.37. The number of tetrazole rings is 1. The minimum atomic E-state index is -3.89. The molecule has 6 rings (SSSR count). The molecule has 2 aliphatic rings. The Morgan fingerprint density at radius 1 is 1.05 bits per heavy atom. The molecule has 0 saturated carbocycles. The molecule has 1 N–H and O–H groups in total. The number of ether oxygens (including phenoxy) is 3. The molecule has 0 spiro atoms. The van der Waals surface area contributed by atoms with Gasteiger partial charge in [0.15, 0.2) is 0 Å². The molecule has 12 nitrogen and oxygen atoms in total. The molecule has 0 aliphatic carbocycles. The number of nitrogens with one attached hydrogen (secondary N) is 1. The number of fused-ring (bicyclic) bond motifs is 2. The molecule has 0 amide bonds. The fourth-order valence-corrected chi connectivity index (χ4v) is 6.15. The summed E-state index contributed by atoms with van der Waals surface area (Å²) in [5.74, 6) is 0.583. The summed E-state index contributed by atoms with van der Waals surface area (Å²) >= 11 is 0. The number of hydrogen-bond donors (Lipinski definition) is 1. The molecule has 2 aromatic heterocycles. The fourth-order valence-electron chi connectivity index (χ4n) is 4.74. The summed E-state index contributed by atoms with van der Waals surface area (Å²) in [6.45, 7) is 0.384. The van der Waals surface area contributed by atoms with E-state index in [1.807, 2.05) is 55.4 Å². The van der Waals surface area contributed by atoms with Crippen LogP contribution in [0.15, 0.2) is 65.7 Å². The number of anilines is 1. The van der Waals surface area contributed by atoms with E-state index in [0.29, 0.717) is 11.3 Å². The van der Waals surface area contributed by atoms with Crippen LogP contribution in [0.1, 0.15) is 6.04 Å². The maximum absolute atomic E-state index is 13.3. The second kappa shape index (κ2) is 9.34. The Kier molecular flexibility index (Phi) is 5.99. The maximum Gasteiger partial charge on any atom is 0.341 e. The summed E-state index contributed by atoms with van der Waals surface area (Å²) < 4.78 is 48.9. The van der Waals surface area contributed by atoms with Crippen LogP contribution in [0, 0.1) is 0 Å². The number of nitrogens with zero attached hydrogens (tertiary/aromatic N) is 6. The standard InChI is InChI=1S/C24H25N7O5S/c1-30(2)16-8-4-9-17(12-16)36-24-26-28-29-31(24)19-14-35-22-18(13-34-23(19)22)27-37(32,33)20-10-3-6-15-7-5-11-25-21(15)20/h3-12,18-19,22-23,27H,13-14H2,1-2H3/t18-,19-,22+,23+/m0/s1. The molecular weight excluding hydrogens is 498 g/mol. The predicted octanol–water partition coefficient (Wildman–Crippen LogP) is 1.77. The van der Waals surface area contributed by atoms with Crippen molar-refractivity contribution >= 4 is 26.6 Å². The Morgan fingerprint density at radius 2 is 1.86 bits per heavy atom. The van der Waals surface area contributed by atoms with E-state index in [0.717, 1.165) is 11.1 Å². The third-order valence-corrected chi connectivity index (χ3v) is 8.06. The zero-order chi connectivity index (χ0) is 25.6. The highest BCUT2D eigenvalue weighted by atomic mass is 32.2. The van der Waals surface area contributed by atoms with Crippen molar-refractivity contribution in [2.75, 3.05) is 32.2 Å². The van der Waals surface area contributed by atoms with Crippen molar-refractivity contribution in [2.24, 2.45) is 0 Å². The van der Waals surface area contributed by atoms with E-state index in [2.05, 4.69) is 25.2 Å². The van der Waals surface area contributed by atoms with Gasteiger partial charge in [-0.3, -0.25) is 4.98 Å². The van der Waals surface area contributed by atoms with Crippen LogP contribution < -0.4 is 14.4 Å². The highest BCUT2D eigenvalue weighted by molar-refractivity contribution is 7.89. The minimum absolute atomic E-state index is 0.111. The van der Waals surface area contributed by atoms with Gasteiger partial charge in [0.05, 0.1) is 24.8 Å². The van der Waals surface area contributed by atoms with Crippen LogP contribution in [-0.4, -0.2) is 79.2 Å². The molecule has 4 atom stereocenters. The topological polar surface area (TPSA) is 134 Å². The maximum atomic E-state index is 13.3. The van der Waals surface area contributed by atoms with Gasteiger partial charge in [0.1, 0.15) is 28.9 Å². The van der Waals surface area contributed by atoms with Gasteiger partial charge < -0.3 is 19.1 Å². The van der Waals surface area contributed by atoms with Crippen molar-refractivity contribution in [1.82, 2.24) is 29.9 Å². The van der Waals surface area contributed by atoms with Crippen molar-refractivity contribution < 1.29 is 22.6 Å². The van der Waals surface area contributed by atoms with Crippen molar-refractivity contribution in [3.05, 3.63) is 60.8 Å². The average molecular weight is 524 g/mol. The first kappa shape index (κ1) is 23.7. The molecule has 13 heteroatoms. The number of para-hydroxylation sites is 1. The normalized spacial score (nSPS) is 23.3. The van der Waals surface area contributed by atoms with Crippen LogP contribution in [-0.2, 0) is 19.5 Å². The number of sulfonamides is 1. The van der Waals surface area contributed by atoms with E-state index in [1.54, 1.807) is 24.4 Å². The molecule has 0 bridgehead atoms. The second-order valence-corrected chi connectivity index (χ2v) is 10.8. The Morgan fingerprint density at radius 3 is 2.73 bits per heavy atom. The summed E-state index contributed by atoms with van der Waals surface area (Å²) in [5.41, 5.74) is 1.38. The van der Waals surface area contributed by atoms with E-state index in [4.69, 9.17) is 14.2 Å². The lowest BCUT2D eigenvalue weighted by Crippen LogP contribution is -2.44. The minimum Gasteiger partial charge on any atom is -0.423 e. The molecule has 2 saturated heterocycles. The van der Waals surface area contributed by atoms with E-state index >= 15 is 0 Å². The zero-order valence-electron chi connectivity index (χ0n) is 20.1. The third-order valence-electron chi connectivity index (χ3n) is 6.54. The summed E-state index contributed by atoms with van der Waals surface area (Å²) in [7, 11) is -0.00354. The van der Waals surface area contributed by atoms with Gasteiger partial charge in [0.2, 0.25) is 10.0 Å². The van der Waals surface area contributed by atoms with Crippen molar-refractivity contribution in [3.63, 3.8) is 0 Å². The molecule has 2 fully saturated rings. The predicted molar refractivity (Wildman–Crippen MR) is 133 cm³/mol. The molecule has 0 radical (unpaired) electrons. The number of benzene rings is 2. The Hall–Kier alpha value is -3.65. The zero-order valence-corrected chi connectivity index (χ0v) is 20.9.